The predicted molar refractivity (Wildman–Crippen MR) is 80.9 cm³/mol. The summed E-state index contributed by atoms with van der Waals surface area (Å²) in [7, 11) is 0. The zero-order valence-electron chi connectivity index (χ0n) is 12.9. The van der Waals surface area contributed by atoms with Crippen LogP contribution in [-0.4, -0.2) is 28.6 Å². The molecule has 1 atom stereocenters. The predicted octanol–water partition coefficient (Wildman–Crippen LogP) is 4.17. The number of amides is 1. The fraction of sp³-hybridized carbons (Fsp3) is 0.294. The molecule has 2 heterocycles. The monoisotopic (exact) mass is 336 g/mol. The van der Waals surface area contributed by atoms with Gasteiger partial charge in [-0.2, -0.15) is 0 Å². The molecular weight excluding hydrogens is 321 g/mol. The smallest absolute Gasteiger partial charge is 0.410 e. The van der Waals surface area contributed by atoms with E-state index < -0.39 is 23.9 Å². The van der Waals surface area contributed by atoms with Crippen molar-refractivity contribution in [3.63, 3.8) is 0 Å². The lowest BCUT2D eigenvalue weighted by molar-refractivity contribution is 0.137. The third-order valence-corrected chi connectivity index (χ3v) is 3.77. The largest absolute Gasteiger partial charge is 0.444 e. The second kappa shape index (κ2) is 6.51. The lowest BCUT2D eigenvalue weighted by Crippen LogP contribution is -2.24. The molecule has 24 heavy (non-hydrogen) atoms. The number of carbonyl (C=O) groups excluding carboxylic acids is 1. The number of cyclic esters (lactones) is 1. The van der Waals surface area contributed by atoms with Crippen LogP contribution in [0, 0.1) is 5.82 Å². The Morgan fingerprint density at radius 2 is 2.08 bits per heavy atom. The number of pyridine rings is 1. The number of benzene rings is 1. The Balaban J connectivity index is 1.85. The highest BCUT2D eigenvalue weighted by atomic mass is 19.3. The fourth-order valence-corrected chi connectivity index (χ4v) is 2.64. The molecule has 0 spiro atoms. The van der Waals surface area contributed by atoms with Gasteiger partial charge in [0.15, 0.2) is 0 Å². The maximum Gasteiger partial charge on any atom is 0.410 e. The van der Waals surface area contributed by atoms with Crippen molar-refractivity contribution in [1.82, 2.24) is 9.88 Å². The van der Waals surface area contributed by atoms with Crippen molar-refractivity contribution in [2.45, 2.75) is 26.0 Å². The minimum atomic E-state index is -2.89. The molecule has 0 unspecified atom stereocenters. The van der Waals surface area contributed by atoms with Gasteiger partial charge in [-0.05, 0) is 36.2 Å². The van der Waals surface area contributed by atoms with Gasteiger partial charge in [-0.1, -0.05) is 6.07 Å². The molecule has 0 saturated carbocycles. The van der Waals surface area contributed by atoms with Gasteiger partial charge in [0, 0.05) is 18.0 Å². The van der Waals surface area contributed by atoms with Gasteiger partial charge in [-0.25, -0.2) is 18.0 Å². The molecule has 0 aliphatic carbocycles. The van der Waals surface area contributed by atoms with Crippen LogP contribution in [0.1, 0.15) is 24.5 Å². The SMILES string of the molecule is C[C@@H]1CN(Cc2cncc(-c3ccc(F)c(C(F)F)c3)c2)C(=O)O1. The summed E-state index contributed by atoms with van der Waals surface area (Å²) < 4.78 is 44.1. The van der Waals surface area contributed by atoms with Crippen molar-refractivity contribution >= 4 is 6.09 Å². The van der Waals surface area contributed by atoms with Gasteiger partial charge < -0.3 is 9.64 Å². The van der Waals surface area contributed by atoms with Gasteiger partial charge in [0.2, 0.25) is 0 Å². The lowest BCUT2D eigenvalue weighted by Gasteiger charge is -2.13. The van der Waals surface area contributed by atoms with Crippen LogP contribution in [0.15, 0.2) is 36.7 Å². The molecule has 7 heteroatoms. The molecule has 1 aliphatic heterocycles. The summed E-state index contributed by atoms with van der Waals surface area (Å²) in [6, 6.07) is 5.30. The summed E-state index contributed by atoms with van der Waals surface area (Å²) in [5.74, 6) is -0.938. The number of carbonyl (C=O) groups is 1. The van der Waals surface area contributed by atoms with Crippen LogP contribution in [0.5, 0.6) is 0 Å². The highest BCUT2D eigenvalue weighted by Crippen LogP contribution is 2.28. The van der Waals surface area contributed by atoms with Crippen LogP contribution < -0.4 is 0 Å². The third-order valence-electron chi connectivity index (χ3n) is 3.77. The highest BCUT2D eigenvalue weighted by Gasteiger charge is 2.28. The molecule has 0 bridgehead atoms. The molecule has 126 valence electrons. The van der Waals surface area contributed by atoms with Gasteiger partial charge in [-0.15, -0.1) is 0 Å². The summed E-state index contributed by atoms with van der Waals surface area (Å²) in [6.45, 7) is 2.60. The second-order valence-electron chi connectivity index (χ2n) is 5.69. The normalized spacial score (nSPS) is 17.5. The van der Waals surface area contributed by atoms with E-state index in [2.05, 4.69) is 4.98 Å². The Bertz CT molecular complexity index is 767. The van der Waals surface area contributed by atoms with Crippen LogP contribution in [0.3, 0.4) is 0 Å². The Labute approximate surface area is 136 Å². The number of nitrogens with zero attached hydrogens (tertiary/aromatic N) is 2. The Kier molecular flexibility index (Phi) is 4.42. The second-order valence-corrected chi connectivity index (χ2v) is 5.69. The maximum atomic E-state index is 13.4. The average Bonchev–Trinajstić information content (AvgIpc) is 2.85. The van der Waals surface area contributed by atoms with Crippen molar-refractivity contribution in [2.75, 3.05) is 6.54 Å². The minimum absolute atomic E-state index is 0.167. The molecule has 1 amide bonds. The fourth-order valence-electron chi connectivity index (χ4n) is 2.64. The molecule has 1 fully saturated rings. The van der Waals surface area contributed by atoms with Crippen LogP contribution >= 0.6 is 0 Å². The number of halogens is 3. The summed E-state index contributed by atoms with van der Waals surface area (Å²) in [5.41, 5.74) is 1.12. The van der Waals surface area contributed by atoms with E-state index in [9.17, 15) is 18.0 Å². The van der Waals surface area contributed by atoms with Crippen molar-refractivity contribution in [3.05, 3.63) is 53.6 Å². The number of hydrogen-bond donors (Lipinski definition) is 0. The number of ether oxygens (including phenoxy) is 1. The Morgan fingerprint density at radius 3 is 2.75 bits per heavy atom. The first kappa shape index (κ1) is 16.3. The quantitative estimate of drug-likeness (QED) is 0.842. The first-order chi connectivity index (χ1) is 11.4. The molecule has 1 saturated heterocycles. The lowest BCUT2D eigenvalue weighted by atomic mass is 10.0. The van der Waals surface area contributed by atoms with Gasteiger partial charge >= 0.3 is 6.09 Å². The Hall–Kier alpha value is -2.57. The zero-order chi connectivity index (χ0) is 17.3. The maximum absolute atomic E-state index is 13.4. The average molecular weight is 336 g/mol. The van der Waals surface area contributed by atoms with Gasteiger partial charge in [0.25, 0.3) is 6.43 Å². The molecule has 4 nitrogen and oxygen atoms in total. The molecule has 1 aliphatic rings. The van der Waals surface area contributed by atoms with E-state index in [0.717, 1.165) is 17.7 Å². The molecule has 3 rings (SSSR count). The van der Waals surface area contributed by atoms with Crippen LogP contribution in [0.2, 0.25) is 0 Å². The van der Waals surface area contributed by atoms with E-state index in [-0.39, 0.29) is 6.10 Å². The van der Waals surface area contributed by atoms with Crippen molar-refractivity contribution in [2.24, 2.45) is 0 Å². The minimum Gasteiger partial charge on any atom is -0.444 e. The number of alkyl halides is 2. The summed E-state index contributed by atoms with van der Waals surface area (Å²) in [5, 5.41) is 0. The van der Waals surface area contributed by atoms with Crippen LogP contribution in [0.25, 0.3) is 11.1 Å². The van der Waals surface area contributed by atoms with Gasteiger partial charge in [-0.3, -0.25) is 4.98 Å². The summed E-state index contributed by atoms with van der Waals surface area (Å²) >= 11 is 0. The van der Waals surface area contributed by atoms with E-state index in [0.29, 0.717) is 24.2 Å². The van der Waals surface area contributed by atoms with Crippen molar-refractivity contribution in [3.8, 4) is 11.1 Å². The Morgan fingerprint density at radius 1 is 1.29 bits per heavy atom. The third kappa shape index (κ3) is 3.34. The van der Waals surface area contributed by atoms with E-state index in [1.165, 1.54) is 12.3 Å². The van der Waals surface area contributed by atoms with E-state index >= 15 is 0 Å². The van der Waals surface area contributed by atoms with Gasteiger partial charge in [0.1, 0.15) is 11.9 Å². The molecular formula is C17H15F3N2O2. The first-order valence-electron chi connectivity index (χ1n) is 7.41. The molecule has 1 aromatic heterocycles. The van der Waals surface area contributed by atoms with Crippen molar-refractivity contribution in [1.29, 1.82) is 0 Å². The highest BCUT2D eigenvalue weighted by molar-refractivity contribution is 5.70. The van der Waals surface area contributed by atoms with E-state index in [4.69, 9.17) is 4.74 Å². The molecule has 0 radical (unpaired) electrons. The topological polar surface area (TPSA) is 42.4 Å². The van der Waals surface area contributed by atoms with Crippen LogP contribution in [0.4, 0.5) is 18.0 Å². The van der Waals surface area contributed by atoms with E-state index in [1.54, 1.807) is 24.1 Å². The summed E-state index contributed by atoms with van der Waals surface area (Å²) in [6.07, 6.45) is -0.343. The van der Waals surface area contributed by atoms with Gasteiger partial charge in [0.05, 0.1) is 18.7 Å². The zero-order valence-corrected chi connectivity index (χ0v) is 12.9. The van der Waals surface area contributed by atoms with Crippen LogP contribution in [-0.2, 0) is 11.3 Å². The number of rotatable bonds is 4. The number of hydrogen-bond acceptors (Lipinski definition) is 3. The number of aromatic nitrogens is 1. The van der Waals surface area contributed by atoms with E-state index in [1.807, 2.05) is 0 Å². The standard InChI is InChI=1S/C17H15F3N2O2/c1-10-8-22(17(23)24-10)9-11-4-13(7-21-6-11)12-2-3-15(18)14(5-12)16(19)20/h2-7,10,16H,8-9H2,1H3/t10-/m1/s1. The first-order valence-corrected chi connectivity index (χ1v) is 7.41. The molecule has 0 N–H and O–H groups in total. The summed E-state index contributed by atoms with van der Waals surface area (Å²) in [4.78, 5) is 17.3. The molecule has 1 aromatic carbocycles. The molecule has 2 aromatic rings. The van der Waals surface area contributed by atoms with Crippen molar-refractivity contribution < 1.29 is 22.7 Å².